The van der Waals surface area contributed by atoms with Crippen LogP contribution in [0, 0.1) is 0 Å². The van der Waals surface area contributed by atoms with Gasteiger partial charge in [0.2, 0.25) is 5.88 Å². The van der Waals surface area contributed by atoms with Crippen molar-refractivity contribution in [3.63, 3.8) is 0 Å². The van der Waals surface area contributed by atoms with Gasteiger partial charge in [-0.1, -0.05) is 0 Å². The van der Waals surface area contributed by atoms with Crippen LogP contribution in [-0.2, 0) is 4.74 Å². The lowest BCUT2D eigenvalue weighted by Gasteiger charge is -2.13. The topological polar surface area (TPSA) is 48.9 Å². The van der Waals surface area contributed by atoms with E-state index in [9.17, 15) is 0 Å². The van der Waals surface area contributed by atoms with Gasteiger partial charge in [-0.2, -0.15) is 0 Å². The zero-order chi connectivity index (χ0) is 12.7. The normalized spacial score (nSPS) is 15.8. The molecule has 0 radical (unpaired) electrons. The highest BCUT2D eigenvalue weighted by molar-refractivity contribution is 5.55. The van der Waals surface area contributed by atoms with E-state index >= 15 is 0 Å². The van der Waals surface area contributed by atoms with Crippen LogP contribution in [0.3, 0.4) is 0 Å². The first-order valence-corrected chi connectivity index (χ1v) is 5.79. The highest BCUT2D eigenvalue weighted by Gasteiger charge is 2.23. The van der Waals surface area contributed by atoms with Gasteiger partial charge in [0.05, 0.1) is 13.0 Å². The van der Waals surface area contributed by atoms with Gasteiger partial charge in [0.1, 0.15) is 6.10 Å². The number of nitrogens with one attached hydrogen (secondary N) is 2. The van der Waals surface area contributed by atoms with Crippen LogP contribution >= 0.6 is 0 Å². The standard InChI is InChI=1S/C12H22N4O/c1-10(13-3)7-14-8-16(4)9-15-11(2)17-12-5-6-12/h7,9,12-14H,2,5-6,8H2,1,3-4H3/b10-7+,15-9-. The molecule has 0 unspecified atom stereocenters. The van der Waals surface area contributed by atoms with E-state index in [4.69, 9.17) is 4.74 Å². The fourth-order valence-electron chi connectivity index (χ4n) is 1.03. The van der Waals surface area contributed by atoms with Crippen molar-refractivity contribution >= 4 is 6.34 Å². The first kappa shape index (κ1) is 13.4. The lowest BCUT2D eigenvalue weighted by atomic mass is 10.5. The Balaban J connectivity index is 2.16. The van der Waals surface area contributed by atoms with E-state index in [1.165, 1.54) is 0 Å². The molecule has 0 amide bonds. The van der Waals surface area contributed by atoms with E-state index in [0.717, 1.165) is 18.5 Å². The van der Waals surface area contributed by atoms with Crippen LogP contribution in [0.5, 0.6) is 0 Å². The molecule has 0 aromatic carbocycles. The zero-order valence-electron chi connectivity index (χ0n) is 10.9. The third-order valence-electron chi connectivity index (χ3n) is 2.28. The van der Waals surface area contributed by atoms with Crippen molar-refractivity contribution in [3.8, 4) is 0 Å². The molecule has 0 aromatic rings. The summed E-state index contributed by atoms with van der Waals surface area (Å²) in [6, 6.07) is 0. The smallest absolute Gasteiger partial charge is 0.207 e. The van der Waals surface area contributed by atoms with Crippen LogP contribution in [0.25, 0.3) is 0 Å². The first-order valence-electron chi connectivity index (χ1n) is 5.79. The molecule has 0 aromatic heterocycles. The molecule has 1 rings (SSSR count). The number of ether oxygens (including phenoxy) is 1. The highest BCUT2D eigenvalue weighted by atomic mass is 16.5. The molecule has 1 saturated carbocycles. The summed E-state index contributed by atoms with van der Waals surface area (Å²) >= 11 is 0. The van der Waals surface area contributed by atoms with E-state index in [1.54, 1.807) is 6.34 Å². The van der Waals surface area contributed by atoms with Gasteiger partial charge in [-0.15, -0.1) is 0 Å². The second-order valence-electron chi connectivity index (χ2n) is 4.15. The Morgan fingerprint density at radius 3 is 2.88 bits per heavy atom. The van der Waals surface area contributed by atoms with E-state index in [2.05, 4.69) is 22.2 Å². The lowest BCUT2D eigenvalue weighted by molar-refractivity contribution is 0.196. The van der Waals surface area contributed by atoms with Gasteiger partial charge in [0, 0.05) is 26.0 Å². The fourth-order valence-corrected chi connectivity index (χ4v) is 1.03. The van der Waals surface area contributed by atoms with Crippen molar-refractivity contribution in [2.45, 2.75) is 25.9 Å². The first-order chi connectivity index (χ1) is 8.11. The molecule has 5 heteroatoms. The predicted octanol–water partition coefficient (Wildman–Crippen LogP) is 1.22. The molecular formula is C12H22N4O. The molecule has 1 aliphatic rings. The molecule has 2 N–H and O–H groups in total. The average molecular weight is 238 g/mol. The predicted molar refractivity (Wildman–Crippen MR) is 70.3 cm³/mol. The maximum Gasteiger partial charge on any atom is 0.207 e. The number of hydrogen-bond acceptors (Lipinski definition) is 4. The minimum Gasteiger partial charge on any atom is -0.475 e. The Hall–Kier alpha value is -1.65. The van der Waals surface area contributed by atoms with Crippen LogP contribution in [0.4, 0.5) is 0 Å². The summed E-state index contributed by atoms with van der Waals surface area (Å²) in [5.41, 5.74) is 1.08. The van der Waals surface area contributed by atoms with Crippen LogP contribution in [0.1, 0.15) is 19.8 Å². The number of rotatable bonds is 8. The Morgan fingerprint density at radius 2 is 2.29 bits per heavy atom. The molecule has 0 bridgehead atoms. The molecule has 0 atom stereocenters. The van der Waals surface area contributed by atoms with E-state index in [1.807, 2.05) is 32.1 Å². The largest absolute Gasteiger partial charge is 0.475 e. The molecule has 17 heavy (non-hydrogen) atoms. The summed E-state index contributed by atoms with van der Waals surface area (Å²) in [7, 11) is 3.82. The molecule has 0 spiro atoms. The van der Waals surface area contributed by atoms with Gasteiger partial charge in [-0.05, 0) is 26.3 Å². The summed E-state index contributed by atoms with van der Waals surface area (Å²) in [5.74, 6) is 0.487. The summed E-state index contributed by atoms with van der Waals surface area (Å²) < 4.78 is 5.41. The molecule has 5 nitrogen and oxygen atoms in total. The Morgan fingerprint density at radius 1 is 1.59 bits per heavy atom. The van der Waals surface area contributed by atoms with Crippen molar-refractivity contribution in [2.24, 2.45) is 4.99 Å². The summed E-state index contributed by atoms with van der Waals surface area (Å²) in [6.07, 6.45) is 6.23. The highest BCUT2D eigenvalue weighted by Crippen LogP contribution is 2.25. The molecule has 0 aliphatic heterocycles. The summed E-state index contributed by atoms with van der Waals surface area (Å²) in [6.45, 7) is 6.41. The van der Waals surface area contributed by atoms with Crippen LogP contribution in [-0.4, -0.2) is 38.1 Å². The molecule has 0 saturated heterocycles. The molecule has 1 fully saturated rings. The van der Waals surface area contributed by atoms with Crippen LogP contribution in [0.2, 0.25) is 0 Å². The Labute approximate surface area is 103 Å². The number of hydrogen-bond donors (Lipinski definition) is 2. The lowest BCUT2D eigenvalue weighted by Crippen LogP contribution is -2.27. The number of nitrogens with zero attached hydrogens (tertiary/aromatic N) is 2. The second kappa shape index (κ2) is 6.83. The monoisotopic (exact) mass is 238 g/mol. The van der Waals surface area contributed by atoms with Crippen molar-refractivity contribution in [2.75, 3.05) is 20.8 Å². The van der Waals surface area contributed by atoms with E-state index in [0.29, 0.717) is 18.7 Å². The van der Waals surface area contributed by atoms with Crippen molar-refractivity contribution < 1.29 is 4.74 Å². The van der Waals surface area contributed by atoms with Gasteiger partial charge in [0.25, 0.3) is 0 Å². The maximum atomic E-state index is 5.41. The second-order valence-corrected chi connectivity index (χ2v) is 4.15. The molecule has 0 heterocycles. The summed E-state index contributed by atoms with van der Waals surface area (Å²) in [4.78, 5) is 6.05. The van der Waals surface area contributed by atoms with Gasteiger partial charge in [0.15, 0.2) is 0 Å². The molecular weight excluding hydrogens is 216 g/mol. The number of aliphatic imine (C=N–C) groups is 1. The average Bonchev–Trinajstić information content (AvgIpc) is 3.10. The van der Waals surface area contributed by atoms with Gasteiger partial charge in [-0.25, -0.2) is 4.99 Å². The van der Waals surface area contributed by atoms with Gasteiger partial charge in [-0.3, -0.25) is 0 Å². The quantitative estimate of drug-likeness (QED) is 0.289. The van der Waals surface area contributed by atoms with Gasteiger partial charge >= 0.3 is 0 Å². The van der Waals surface area contributed by atoms with Crippen molar-refractivity contribution in [3.05, 3.63) is 24.4 Å². The Bertz CT molecular complexity index is 308. The SMILES string of the molecule is C=C(/N=C\N(C)CN/C=C(\C)NC)OC1CC1. The third kappa shape index (κ3) is 6.50. The minimum absolute atomic E-state index is 0.351. The van der Waals surface area contributed by atoms with E-state index < -0.39 is 0 Å². The molecule has 1 aliphatic carbocycles. The van der Waals surface area contributed by atoms with Gasteiger partial charge < -0.3 is 20.3 Å². The van der Waals surface area contributed by atoms with Crippen molar-refractivity contribution in [1.29, 1.82) is 0 Å². The van der Waals surface area contributed by atoms with Crippen LogP contribution < -0.4 is 10.6 Å². The zero-order valence-corrected chi connectivity index (χ0v) is 10.9. The minimum atomic E-state index is 0.351. The van der Waals surface area contributed by atoms with Crippen LogP contribution in [0.15, 0.2) is 29.4 Å². The Kier molecular flexibility index (Phi) is 5.39. The summed E-state index contributed by atoms with van der Waals surface area (Å²) in [5, 5.41) is 6.18. The number of allylic oxidation sites excluding steroid dienone is 1. The molecule has 96 valence electrons. The third-order valence-corrected chi connectivity index (χ3v) is 2.28. The van der Waals surface area contributed by atoms with E-state index in [-0.39, 0.29) is 0 Å². The fraction of sp³-hybridized carbons (Fsp3) is 0.583. The maximum absolute atomic E-state index is 5.41. The van der Waals surface area contributed by atoms with Crippen molar-refractivity contribution in [1.82, 2.24) is 15.5 Å².